The molecule has 0 saturated heterocycles. The Labute approximate surface area is 165 Å². The second-order valence-corrected chi connectivity index (χ2v) is 8.80. The number of fused-ring (bicyclic) bond motifs is 2. The van der Waals surface area contributed by atoms with Gasteiger partial charge >= 0.3 is 29.6 Å². The van der Waals surface area contributed by atoms with Gasteiger partial charge in [0, 0.05) is 16.8 Å². The molecule has 1 aliphatic heterocycles. The van der Waals surface area contributed by atoms with Gasteiger partial charge in [-0.05, 0) is 36.4 Å². The van der Waals surface area contributed by atoms with E-state index in [0.29, 0.717) is 9.79 Å². The summed E-state index contributed by atoms with van der Waals surface area (Å²) in [5.74, 6) is 0. The smallest absolute Gasteiger partial charge is 0.343 e. The standard InChI is InChI=1S/C13H11NO6S3.Na/c1-14-10-4-2-8(22(15,16)17)6-12(10)21-13-7-9(23(18,19)20)3-5-11(13)14;/h2-7H,1H3,(H,15,16,17)(H,18,19,20);/q;+1. The minimum atomic E-state index is -4.33. The van der Waals surface area contributed by atoms with Crippen LogP contribution in [0.25, 0.3) is 0 Å². The van der Waals surface area contributed by atoms with Crippen LogP contribution >= 0.6 is 11.8 Å². The SMILES string of the molecule is CN1c2ccc(S(=O)(=O)O)cc2Sc2cc(S(=O)(=O)O)ccc21.[Na+]. The van der Waals surface area contributed by atoms with E-state index in [4.69, 9.17) is 9.11 Å². The summed E-state index contributed by atoms with van der Waals surface area (Å²) < 4.78 is 63.3. The molecule has 0 aromatic heterocycles. The van der Waals surface area contributed by atoms with Crippen molar-refractivity contribution in [3.05, 3.63) is 36.4 Å². The van der Waals surface area contributed by atoms with Crippen LogP contribution in [-0.2, 0) is 20.2 Å². The van der Waals surface area contributed by atoms with E-state index in [2.05, 4.69) is 0 Å². The predicted molar refractivity (Wildman–Crippen MR) is 84.7 cm³/mol. The Kier molecular flexibility index (Phi) is 5.44. The molecule has 7 nitrogen and oxygen atoms in total. The van der Waals surface area contributed by atoms with E-state index in [0.717, 1.165) is 23.1 Å². The number of rotatable bonds is 2. The fraction of sp³-hybridized carbons (Fsp3) is 0.0769. The topological polar surface area (TPSA) is 112 Å². The Morgan fingerprint density at radius 1 is 0.833 bits per heavy atom. The maximum atomic E-state index is 11.3. The molecule has 2 N–H and O–H groups in total. The van der Waals surface area contributed by atoms with Crippen LogP contribution in [0.1, 0.15) is 0 Å². The molecule has 0 spiro atoms. The van der Waals surface area contributed by atoms with Crippen LogP contribution < -0.4 is 34.5 Å². The van der Waals surface area contributed by atoms with Crippen molar-refractivity contribution in [2.75, 3.05) is 11.9 Å². The zero-order chi connectivity index (χ0) is 17.0. The first-order valence-electron chi connectivity index (χ1n) is 6.22. The van der Waals surface area contributed by atoms with Crippen LogP contribution in [0, 0.1) is 0 Å². The maximum absolute atomic E-state index is 11.3. The molecule has 0 unspecified atom stereocenters. The Bertz CT molecular complexity index is 938. The molecular weight excluding hydrogens is 385 g/mol. The van der Waals surface area contributed by atoms with Gasteiger partial charge in [0.05, 0.1) is 21.2 Å². The normalized spacial score (nSPS) is 13.7. The van der Waals surface area contributed by atoms with Gasteiger partial charge in [0.25, 0.3) is 20.2 Å². The summed E-state index contributed by atoms with van der Waals surface area (Å²) in [6.45, 7) is 0. The second-order valence-electron chi connectivity index (χ2n) is 4.87. The van der Waals surface area contributed by atoms with Gasteiger partial charge in [0.2, 0.25) is 0 Å². The third-order valence-corrected chi connectivity index (χ3v) is 6.19. The molecule has 0 bridgehead atoms. The van der Waals surface area contributed by atoms with E-state index in [9.17, 15) is 16.8 Å². The number of nitrogens with zero attached hydrogens (tertiary/aromatic N) is 1. The van der Waals surface area contributed by atoms with Gasteiger partial charge in [-0.1, -0.05) is 11.8 Å². The first-order valence-corrected chi connectivity index (χ1v) is 9.92. The minimum absolute atomic E-state index is 0. The molecule has 1 aliphatic rings. The molecular formula is C13H11NNaO6S3+. The fourth-order valence-corrected chi connectivity index (χ4v) is 4.67. The molecule has 0 amide bonds. The van der Waals surface area contributed by atoms with Crippen molar-refractivity contribution in [1.29, 1.82) is 0 Å². The number of anilines is 2. The monoisotopic (exact) mass is 396 g/mol. The molecule has 0 radical (unpaired) electrons. The largest absolute Gasteiger partial charge is 1.00 e. The van der Waals surface area contributed by atoms with E-state index in [1.54, 1.807) is 24.1 Å². The molecule has 24 heavy (non-hydrogen) atoms. The molecule has 0 fully saturated rings. The van der Waals surface area contributed by atoms with Crippen LogP contribution in [0.15, 0.2) is 56.0 Å². The molecule has 2 aromatic carbocycles. The summed E-state index contributed by atoms with van der Waals surface area (Å²) >= 11 is 1.15. The molecule has 0 aliphatic carbocycles. The van der Waals surface area contributed by atoms with Gasteiger partial charge in [-0.3, -0.25) is 9.11 Å². The predicted octanol–water partition coefficient (Wildman–Crippen LogP) is -0.583. The molecule has 2 aromatic rings. The number of hydrogen-bond acceptors (Lipinski definition) is 6. The average Bonchev–Trinajstić information content (AvgIpc) is 2.44. The summed E-state index contributed by atoms with van der Waals surface area (Å²) in [5.41, 5.74) is 1.43. The molecule has 3 rings (SSSR count). The van der Waals surface area contributed by atoms with Crippen molar-refractivity contribution >= 4 is 43.4 Å². The number of benzene rings is 2. The van der Waals surface area contributed by atoms with Crippen molar-refractivity contribution in [2.24, 2.45) is 0 Å². The average molecular weight is 396 g/mol. The van der Waals surface area contributed by atoms with E-state index in [1.807, 2.05) is 0 Å². The van der Waals surface area contributed by atoms with Gasteiger partial charge in [0.15, 0.2) is 0 Å². The van der Waals surface area contributed by atoms with Crippen LogP contribution in [0.5, 0.6) is 0 Å². The van der Waals surface area contributed by atoms with Crippen molar-refractivity contribution < 1.29 is 55.5 Å². The van der Waals surface area contributed by atoms with Gasteiger partial charge < -0.3 is 4.90 Å². The zero-order valence-corrected chi connectivity index (χ0v) is 17.1. The summed E-state index contributed by atoms with van der Waals surface area (Å²) in [5, 5.41) is 0. The van der Waals surface area contributed by atoms with Crippen LogP contribution in [0.3, 0.4) is 0 Å². The quantitative estimate of drug-likeness (QED) is 0.512. The first kappa shape index (κ1) is 19.7. The van der Waals surface area contributed by atoms with Crippen LogP contribution in [0.4, 0.5) is 11.4 Å². The maximum Gasteiger partial charge on any atom is 1.00 e. The fourth-order valence-electron chi connectivity index (χ4n) is 2.28. The van der Waals surface area contributed by atoms with E-state index >= 15 is 0 Å². The van der Waals surface area contributed by atoms with Crippen molar-refractivity contribution in [3.8, 4) is 0 Å². The van der Waals surface area contributed by atoms with E-state index < -0.39 is 20.2 Å². The third-order valence-electron chi connectivity index (χ3n) is 3.40. The minimum Gasteiger partial charge on any atom is -0.343 e. The summed E-state index contributed by atoms with van der Waals surface area (Å²) in [6.07, 6.45) is 0. The Morgan fingerprint density at radius 3 is 1.54 bits per heavy atom. The molecule has 11 heteroatoms. The molecule has 1 heterocycles. The Morgan fingerprint density at radius 2 is 1.21 bits per heavy atom. The van der Waals surface area contributed by atoms with Crippen LogP contribution in [0.2, 0.25) is 0 Å². The van der Waals surface area contributed by atoms with Crippen molar-refractivity contribution in [3.63, 3.8) is 0 Å². The van der Waals surface area contributed by atoms with Crippen molar-refractivity contribution in [2.45, 2.75) is 19.6 Å². The van der Waals surface area contributed by atoms with Gasteiger partial charge in [0.1, 0.15) is 0 Å². The van der Waals surface area contributed by atoms with Crippen molar-refractivity contribution in [1.82, 2.24) is 0 Å². The third kappa shape index (κ3) is 3.65. The summed E-state index contributed by atoms with van der Waals surface area (Å²) in [6, 6.07) is 8.34. The Hall–Kier alpha value is -0.590. The second kappa shape index (κ2) is 6.61. The molecule has 122 valence electrons. The summed E-state index contributed by atoms with van der Waals surface area (Å²) in [4.78, 5) is 2.37. The summed E-state index contributed by atoms with van der Waals surface area (Å²) in [7, 11) is -6.91. The van der Waals surface area contributed by atoms with Crippen LogP contribution in [-0.4, -0.2) is 33.0 Å². The zero-order valence-electron chi connectivity index (χ0n) is 12.7. The first-order chi connectivity index (χ1) is 10.6. The van der Waals surface area contributed by atoms with Gasteiger partial charge in [-0.2, -0.15) is 16.8 Å². The van der Waals surface area contributed by atoms with Gasteiger partial charge in [-0.15, -0.1) is 0 Å². The molecule has 0 atom stereocenters. The van der Waals surface area contributed by atoms with E-state index in [1.165, 1.54) is 24.3 Å². The Balaban J connectivity index is 0.00000208. The van der Waals surface area contributed by atoms with Gasteiger partial charge in [-0.25, -0.2) is 0 Å². The van der Waals surface area contributed by atoms with E-state index in [-0.39, 0.29) is 39.3 Å². The molecule has 0 saturated carbocycles. The number of hydrogen-bond donors (Lipinski definition) is 2.